The first-order chi connectivity index (χ1) is 15.5. The molecule has 0 aliphatic rings. The summed E-state index contributed by atoms with van der Waals surface area (Å²) in [7, 11) is 1.35. The lowest BCUT2D eigenvalue weighted by Gasteiger charge is -2.11. The van der Waals surface area contributed by atoms with Gasteiger partial charge in [0.1, 0.15) is 25.3 Å². The Morgan fingerprint density at radius 1 is 0.875 bits per heavy atom. The summed E-state index contributed by atoms with van der Waals surface area (Å²) in [5, 5.41) is 3.89. The molecule has 32 heavy (non-hydrogen) atoms. The van der Waals surface area contributed by atoms with E-state index in [4.69, 9.17) is 9.47 Å². The highest BCUT2D eigenvalue weighted by Crippen LogP contribution is 2.05. The molecular weight excluding hydrogens is 410 g/mol. The standard InChI is InChI=1S/C13H15N3O2.C11H14O3/c1-11(13(17)7-16-10-14-9-15-16)18-8-12-5-3-2-4-6-12;1-9(11(12)13-2)14-8-10-6-4-3-5-7-10/h2-6,9-11H,7-8H2,1H3;3-7,9H,8H2,1-2H3/t11-;9-/m11/s1. The average molecular weight is 440 g/mol. The Labute approximate surface area is 188 Å². The summed E-state index contributed by atoms with van der Waals surface area (Å²) in [5.74, 6) is -0.364. The number of ketones is 1. The molecule has 0 amide bonds. The Bertz CT molecular complexity index is 917. The summed E-state index contributed by atoms with van der Waals surface area (Å²) < 4.78 is 16.9. The fourth-order valence-corrected chi connectivity index (χ4v) is 2.52. The highest BCUT2D eigenvalue weighted by molar-refractivity contribution is 5.82. The molecule has 0 aliphatic carbocycles. The Morgan fingerprint density at radius 2 is 1.41 bits per heavy atom. The summed E-state index contributed by atoms with van der Waals surface area (Å²) in [4.78, 5) is 26.6. The lowest BCUT2D eigenvalue weighted by Crippen LogP contribution is -2.25. The van der Waals surface area contributed by atoms with E-state index in [2.05, 4.69) is 14.8 Å². The first-order valence-corrected chi connectivity index (χ1v) is 10.2. The molecule has 0 N–H and O–H groups in total. The monoisotopic (exact) mass is 439 g/mol. The van der Waals surface area contributed by atoms with Crippen LogP contribution in [0, 0.1) is 0 Å². The Kier molecular flexibility index (Phi) is 10.8. The number of aromatic nitrogens is 3. The second-order valence-electron chi connectivity index (χ2n) is 6.96. The Morgan fingerprint density at radius 3 is 1.88 bits per heavy atom. The summed E-state index contributed by atoms with van der Waals surface area (Å²) in [6, 6.07) is 19.5. The van der Waals surface area contributed by atoms with Gasteiger partial charge in [0.2, 0.25) is 0 Å². The maximum absolute atomic E-state index is 11.8. The highest BCUT2D eigenvalue weighted by atomic mass is 16.6. The van der Waals surface area contributed by atoms with Crippen LogP contribution in [0.5, 0.6) is 0 Å². The number of ether oxygens (including phenoxy) is 3. The number of esters is 1. The van der Waals surface area contributed by atoms with Gasteiger partial charge in [0.05, 0.1) is 20.3 Å². The van der Waals surface area contributed by atoms with Crippen molar-refractivity contribution < 1.29 is 23.8 Å². The predicted octanol–water partition coefficient (Wildman–Crippen LogP) is 3.22. The van der Waals surface area contributed by atoms with E-state index >= 15 is 0 Å². The van der Waals surface area contributed by atoms with Gasteiger partial charge in [-0.25, -0.2) is 14.5 Å². The predicted molar refractivity (Wildman–Crippen MR) is 118 cm³/mol. The number of carbonyl (C=O) groups excluding carboxylic acids is 2. The molecular formula is C24H29N3O5. The molecule has 1 heterocycles. The third-order valence-corrected chi connectivity index (χ3v) is 4.46. The zero-order valence-corrected chi connectivity index (χ0v) is 18.6. The number of hydrogen-bond acceptors (Lipinski definition) is 7. The minimum Gasteiger partial charge on any atom is -0.467 e. The van der Waals surface area contributed by atoms with Gasteiger partial charge in [-0.3, -0.25) is 4.79 Å². The van der Waals surface area contributed by atoms with Crippen LogP contribution in [0.2, 0.25) is 0 Å². The SMILES string of the molecule is COC(=O)[C@@H](C)OCc1ccccc1.C[C@@H](OCc1ccccc1)C(=O)Cn1cncn1. The van der Waals surface area contributed by atoms with E-state index < -0.39 is 12.2 Å². The molecule has 3 rings (SSSR count). The van der Waals surface area contributed by atoms with E-state index in [-0.39, 0.29) is 18.3 Å². The number of methoxy groups -OCH3 is 1. The lowest BCUT2D eigenvalue weighted by molar-refractivity contribution is -0.153. The van der Waals surface area contributed by atoms with Gasteiger partial charge in [-0.05, 0) is 25.0 Å². The number of rotatable bonds is 10. The molecule has 0 unspecified atom stereocenters. The van der Waals surface area contributed by atoms with Gasteiger partial charge in [0.15, 0.2) is 11.9 Å². The van der Waals surface area contributed by atoms with E-state index in [0.29, 0.717) is 13.2 Å². The fraction of sp³-hybridized carbons (Fsp3) is 0.333. The molecule has 1 aromatic heterocycles. The number of nitrogens with zero attached hydrogens (tertiary/aromatic N) is 3. The summed E-state index contributed by atoms with van der Waals surface area (Å²) in [5.41, 5.74) is 2.10. The quantitative estimate of drug-likeness (QED) is 0.448. The molecule has 8 nitrogen and oxygen atoms in total. The zero-order chi connectivity index (χ0) is 23.2. The van der Waals surface area contributed by atoms with Crippen LogP contribution in [-0.4, -0.2) is 45.8 Å². The summed E-state index contributed by atoms with van der Waals surface area (Å²) in [6.45, 7) is 4.48. The molecule has 0 bridgehead atoms. The molecule has 0 saturated heterocycles. The van der Waals surface area contributed by atoms with Crippen LogP contribution >= 0.6 is 0 Å². The van der Waals surface area contributed by atoms with Gasteiger partial charge in [-0.15, -0.1) is 0 Å². The van der Waals surface area contributed by atoms with Crippen molar-refractivity contribution in [3.05, 3.63) is 84.4 Å². The second-order valence-corrected chi connectivity index (χ2v) is 6.96. The van der Waals surface area contributed by atoms with Crippen molar-refractivity contribution in [3.8, 4) is 0 Å². The first-order valence-electron chi connectivity index (χ1n) is 10.2. The molecule has 0 aliphatic heterocycles. The lowest BCUT2D eigenvalue weighted by atomic mass is 10.2. The van der Waals surface area contributed by atoms with E-state index in [1.807, 2.05) is 60.7 Å². The summed E-state index contributed by atoms with van der Waals surface area (Å²) in [6.07, 6.45) is 1.96. The van der Waals surface area contributed by atoms with Gasteiger partial charge in [-0.2, -0.15) is 5.10 Å². The number of Topliss-reactive ketones (excluding diaryl/α,β-unsaturated/α-hetero) is 1. The average Bonchev–Trinajstić information content (AvgIpc) is 3.35. The van der Waals surface area contributed by atoms with Crippen molar-refractivity contribution in [2.75, 3.05) is 7.11 Å². The first kappa shape index (κ1) is 24.9. The molecule has 170 valence electrons. The highest BCUT2D eigenvalue weighted by Gasteiger charge is 2.14. The minimum absolute atomic E-state index is 0.0172. The zero-order valence-electron chi connectivity index (χ0n) is 18.6. The topological polar surface area (TPSA) is 92.5 Å². The van der Waals surface area contributed by atoms with Gasteiger partial charge < -0.3 is 14.2 Å². The van der Waals surface area contributed by atoms with Crippen molar-refractivity contribution >= 4 is 11.8 Å². The van der Waals surface area contributed by atoms with Gasteiger partial charge in [0.25, 0.3) is 0 Å². The van der Waals surface area contributed by atoms with Crippen molar-refractivity contribution in [2.45, 2.75) is 45.8 Å². The van der Waals surface area contributed by atoms with Crippen molar-refractivity contribution in [2.24, 2.45) is 0 Å². The molecule has 0 radical (unpaired) electrons. The fourth-order valence-electron chi connectivity index (χ4n) is 2.52. The normalized spacial score (nSPS) is 12.2. The second kappa shape index (κ2) is 13.8. The van der Waals surface area contributed by atoms with Crippen LogP contribution in [0.25, 0.3) is 0 Å². The van der Waals surface area contributed by atoms with Gasteiger partial charge in [-0.1, -0.05) is 60.7 Å². The molecule has 2 aromatic carbocycles. The van der Waals surface area contributed by atoms with E-state index in [0.717, 1.165) is 11.1 Å². The van der Waals surface area contributed by atoms with E-state index in [1.165, 1.54) is 24.4 Å². The Balaban J connectivity index is 0.000000235. The smallest absolute Gasteiger partial charge is 0.334 e. The molecule has 8 heteroatoms. The summed E-state index contributed by atoms with van der Waals surface area (Å²) >= 11 is 0. The molecule has 0 fully saturated rings. The van der Waals surface area contributed by atoms with E-state index in [1.54, 1.807) is 13.8 Å². The third-order valence-electron chi connectivity index (χ3n) is 4.46. The van der Waals surface area contributed by atoms with Crippen molar-refractivity contribution in [3.63, 3.8) is 0 Å². The van der Waals surface area contributed by atoms with Crippen LogP contribution < -0.4 is 0 Å². The largest absolute Gasteiger partial charge is 0.467 e. The van der Waals surface area contributed by atoms with Crippen LogP contribution in [0.3, 0.4) is 0 Å². The van der Waals surface area contributed by atoms with Crippen LogP contribution in [-0.2, 0) is 43.6 Å². The molecule has 0 saturated carbocycles. The number of carbonyl (C=O) groups is 2. The molecule has 3 aromatic rings. The van der Waals surface area contributed by atoms with Crippen LogP contribution in [0.4, 0.5) is 0 Å². The van der Waals surface area contributed by atoms with Crippen molar-refractivity contribution in [1.82, 2.24) is 14.8 Å². The Hall–Kier alpha value is -3.36. The van der Waals surface area contributed by atoms with Gasteiger partial charge in [0, 0.05) is 0 Å². The molecule has 2 atom stereocenters. The number of hydrogen-bond donors (Lipinski definition) is 0. The van der Waals surface area contributed by atoms with Crippen molar-refractivity contribution in [1.29, 1.82) is 0 Å². The third kappa shape index (κ3) is 9.20. The van der Waals surface area contributed by atoms with E-state index in [9.17, 15) is 9.59 Å². The van der Waals surface area contributed by atoms with Crippen LogP contribution in [0.15, 0.2) is 73.3 Å². The number of benzene rings is 2. The maximum Gasteiger partial charge on any atom is 0.334 e. The van der Waals surface area contributed by atoms with Gasteiger partial charge >= 0.3 is 5.97 Å². The minimum atomic E-state index is -0.514. The molecule has 0 spiro atoms. The van der Waals surface area contributed by atoms with Crippen LogP contribution in [0.1, 0.15) is 25.0 Å². The maximum atomic E-state index is 11.8.